The van der Waals surface area contributed by atoms with E-state index in [1.165, 1.54) is 19.1 Å². The predicted octanol–water partition coefficient (Wildman–Crippen LogP) is 2.11. The molecule has 0 aromatic heterocycles. The molecule has 0 aliphatic carbocycles. The molecule has 152 valence electrons. The predicted molar refractivity (Wildman–Crippen MR) is 106 cm³/mol. The second-order valence-electron chi connectivity index (χ2n) is 6.24. The van der Waals surface area contributed by atoms with Crippen molar-refractivity contribution in [3.8, 4) is 6.07 Å². The Morgan fingerprint density at radius 3 is 2.45 bits per heavy atom. The van der Waals surface area contributed by atoms with Gasteiger partial charge in [-0.15, -0.1) is 0 Å². The molecular formula is C20H21N3O5S. The summed E-state index contributed by atoms with van der Waals surface area (Å²) in [6, 6.07) is 14.7. The molecule has 9 heteroatoms. The Balaban J connectivity index is 1.83. The van der Waals surface area contributed by atoms with Gasteiger partial charge in [0.15, 0.2) is 6.10 Å². The molecule has 0 radical (unpaired) electrons. The number of carbonyl (C=O) groups excluding carboxylic acids is 2. The number of rotatable bonds is 8. The van der Waals surface area contributed by atoms with Crippen LogP contribution in [0.2, 0.25) is 0 Å². The number of esters is 1. The zero-order valence-corrected chi connectivity index (χ0v) is 16.8. The van der Waals surface area contributed by atoms with Gasteiger partial charge < -0.3 is 10.1 Å². The van der Waals surface area contributed by atoms with Gasteiger partial charge in [0.25, 0.3) is 5.91 Å². The highest BCUT2D eigenvalue weighted by Crippen LogP contribution is 2.14. The van der Waals surface area contributed by atoms with Crippen molar-refractivity contribution in [3.05, 3.63) is 59.7 Å². The van der Waals surface area contributed by atoms with Crippen LogP contribution in [0.4, 0.5) is 5.69 Å². The SMILES string of the molecule is Cc1ccc(S(=O)(=O)NCCC(=O)O[C@@H](C)C(=O)Nc2ccccc2C#N)cc1. The molecule has 0 bridgehead atoms. The molecule has 0 aliphatic heterocycles. The smallest absolute Gasteiger partial charge is 0.307 e. The summed E-state index contributed by atoms with van der Waals surface area (Å²) in [5, 5.41) is 11.6. The molecule has 0 unspecified atom stereocenters. The molecule has 2 N–H and O–H groups in total. The fourth-order valence-corrected chi connectivity index (χ4v) is 3.35. The van der Waals surface area contributed by atoms with Crippen molar-refractivity contribution >= 4 is 27.6 Å². The number of benzene rings is 2. The number of hydrogen-bond acceptors (Lipinski definition) is 6. The van der Waals surface area contributed by atoms with Crippen LogP contribution in [-0.2, 0) is 24.3 Å². The highest BCUT2D eigenvalue weighted by atomic mass is 32.2. The zero-order valence-electron chi connectivity index (χ0n) is 16.0. The maximum Gasteiger partial charge on any atom is 0.307 e. The third kappa shape index (κ3) is 6.41. The van der Waals surface area contributed by atoms with Crippen molar-refractivity contribution in [2.75, 3.05) is 11.9 Å². The zero-order chi connectivity index (χ0) is 21.4. The van der Waals surface area contributed by atoms with Crippen LogP contribution in [0.3, 0.4) is 0 Å². The quantitative estimate of drug-likeness (QED) is 0.636. The van der Waals surface area contributed by atoms with Crippen molar-refractivity contribution in [3.63, 3.8) is 0 Å². The van der Waals surface area contributed by atoms with Gasteiger partial charge in [0, 0.05) is 6.54 Å². The number of nitrogens with zero attached hydrogens (tertiary/aromatic N) is 1. The van der Waals surface area contributed by atoms with Crippen LogP contribution in [0.1, 0.15) is 24.5 Å². The van der Waals surface area contributed by atoms with E-state index in [-0.39, 0.29) is 23.4 Å². The van der Waals surface area contributed by atoms with Crippen LogP contribution in [0.25, 0.3) is 0 Å². The minimum Gasteiger partial charge on any atom is -0.452 e. The standard InChI is InChI=1S/C20H21N3O5S/c1-14-7-9-17(10-8-14)29(26,27)22-12-11-19(24)28-15(2)20(25)23-18-6-4-3-5-16(18)13-21/h3-10,15,22H,11-12H2,1-2H3,(H,23,25)/t15-/m0/s1. The number of carbonyl (C=O) groups is 2. The lowest BCUT2D eigenvalue weighted by Crippen LogP contribution is -2.32. The first-order chi connectivity index (χ1) is 13.7. The molecule has 0 saturated carbocycles. The maximum atomic E-state index is 12.2. The van der Waals surface area contributed by atoms with Crippen molar-refractivity contribution < 1.29 is 22.7 Å². The lowest BCUT2D eigenvalue weighted by atomic mass is 10.2. The van der Waals surface area contributed by atoms with Crippen molar-refractivity contribution in [2.24, 2.45) is 0 Å². The van der Waals surface area contributed by atoms with E-state index in [0.29, 0.717) is 5.69 Å². The molecule has 0 heterocycles. The normalized spacial score (nSPS) is 11.9. The first-order valence-corrected chi connectivity index (χ1v) is 10.3. The van der Waals surface area contributed by atoms with E-state index in [4.69, 9.17) is 10.00 Å². The number of ether oxygens (including phenoxy) is 1. The summed E-state index contributed by atoms with van der Waals surface area (Å²) in [4.78, 5) is 24.2. The van der Waals surface area contributed by atoms with Crippen LogP contribution in [0.5, 0.6) is 0 Å². The average molecular weight is 415 g/mol. The Morgan fingerprint density at radius 1 is 1.14 bits per heavy atom. The highest BCUT2D eigenvalue weighted by molar-refractivity contribution is 7.89. The van der Waals surface area contributed by atoms with Gasteiger partial charge in [-0.05, 0) is 38.1 Å². The topological polar surface area (TPSA) is 125 Å². The monoisotopic (exact) mass is 415 g/mol. The third-order valence-electron chi connectivity index (χ3n) is 3.94. The first kappa shape index (κ1) is 22.1. The van der Waals surface area contributed by atoms with E-state index < -0.39 is 28.0 Å². The van der Waals surface area contributed by atoms with Gasteiger partial charge in [-0.25, -0.2) is 13.1 Å². The Hall–Kier alpha value is -3.22. The van der Waals surface area contributed by atoms with Crippen LogP contribution in [0, 0.1) is 18.3 Å². The van der Waals surface area contributed by atoms with Crippen LogP contribution in [-0.4, -0.2) is 32.9 Å². The maximum absolute atomic E-state index is 12.2. The molecule has 2 aromatic carbocycles. The van der Waals surface area contributed by atoms with Gasteiger partial charge in [-0.2, -0.15) is 5.26 Å². The van der Waals surface area contributed by atoms with Gasteiger partial charge in [0.2, 0.25) is 10.0 Å². The molecule has 1 amide bonds. The van der Waals surface area contributed by atoms with Gasteiger partial charge in [0.1, 0.15) is 6.07 Å². The molecule has 8 nitrogen and oxygen atoms in total. The largest absolute Gasteiger partial charge is 0.452 e. The minimum atomic E-state index is -3.73. The summed E-state index contributed by atoms with van der Waals surface area (Å²) in [6.45, 7) is 3.06. The number of nitrogens with one attached hydrogen (secondary N) is 2. The van der Waals surface area contributed by atoms with Gasteiger partial charge in [0.05, 0.1) is 22.6 Å². The number of hydrogen-bond donors (Lipinski definition) is 2. The summed E-state index contributed by atoms with van der Waals surface area (Å²) < 4.78 is 31.7. The number of anilines is 1. The van der Waals surface area contributed by atoms with Crippen LogP contribution < -0.4 is 10.0 Å². The molecule has 0 fully saturated rings. The summed E-state index contributed by atoms with van der Waals surface area (Å²) in [7, 11) is -3.73. The molecule has 29 heavy (non-hydrogen) atoms. The lowest BCUT2D eigenvalue weighted by Gasteiger charge is -2.14. The van der Waals surface area contributed by atoms with Gasteiger partial charge >= 0.3 is 5.97 Å². The summed E-state index contributed by atoms with van der Waals surface area (Å²) >= 11 is 0. The van der Waals surface area contributed by atoms with Crippen molar-refractivity contribution in [1.82, 2.24) is 4.72 Å². The molecule has 2 aromatic rings. The lowest BCUT2D eigenvalue weighted by molar-refractivity contribution is -0.152. The Morgan fingerprint density at radius 2 is 1.79 bits per heavy atom. The second kappa shape index (κ2) is 9.82. The van der Waals surface area contributed by atoms with Crippen LogP contribution >= 0.6 is 0 Å². The Bertz CT molecular complexity index is 1030. The van der Waals surface area contributed by atoms with Gasteiger partial charge in [-0.1, -0.05) is 29.8 Å². The first-order valence-electron chi connectivity index (χ1n) is 8.79. The fraction of sp³-hybridized carbons (Fsp3) is 0.250. The molecule has 2 rings (SSSR count). The summed E-state index contributed by atoms with van der Waals surface area (Å²) in [6.07, 6.45) is -1.35. The summed E-state index contributed by atoms with van der Waals surface area (Å²) in [5.74, 6) is -1.32. The molecular weight excluding hydrogens is 394 g/mol. The third-order valence-corrected chi connectivity index (χ3v) is 5.41. The second-order valence-corrected chi connectivity index (χ2v) is 8.01. The van der Waals surface area contributed by atoms with E-state index in [0.717, 1.165) is 5.56 Å². The number of nitriles is 1. The molecule has 0 spiro atoms. The Kier molecular flexibility index (Phi) is 7.47. The number of para-hydroxylation sites is 1. The van der Waals surface area contributed by atoms with E-state index in [2.05, 4.69) is 10.0 Å². The minimum absolute atomic E-state index is 0.0976. The van der Waals surface area contributed by atoms with Gasteiger partial charge in [-0.3, -0.25) is 9.59 Å². The van der Waals surface area contributed by atoms with Crippen molar-refractivity contribution in [2.45, 2.75) is 31.3 Å². The van der Waals surface area contributed by atoms with E-state index in [1.54, 1.807) is 36.4 Å². The average Bonchev–Trinajstić information content (AvgIpc) is 2.68. The van der Waals surface area contributed by atoms with Crippen LogP contribution in [0.15, 0.2) is 53.4 Å². The number of aryl methyl sites for hydroxylation is 1. The fourth-order valence-electron chi connectivity index (χ4n) is 2.32. The van der Waals surface area contributed by atoms with E-state index in [1.807, 2.05) is 13.0 Å². The molecule has 1 atom stereocenters. The van der Waals surface area contributed by atoms with E-state index >= 15 is 0 Å². The highest BCUT2D eigenvalue weighted by Gasteiger charge is 2.20. The molecule has 0 aliphatic rings. The Labute approximate surface area is 169 Å². The number of amides is 1. The molecule has 0 saturated heterocycles. The van der Waals surface area contributed by atoms with Crippen molar-refractivity contribution in [1.29, 1.82) is 5.26 Å². The number of sulfonamides is 1. The summed E-state index contributed by atoms with van der Waals surface area (Å²) in [5.41, 5.74) is 1.52. The van der Waals surface area contributed by atoms with E-state index in [9.17, 15) is 18.0 Å².